The van der Waals surface area contributed by atoms with Crippen molar-refractivity contribution in [2.75, 3.05) is 31.1 Å². The molecule has 1 fully saturated rings. The predicted octanol–water partition coefficient (Wildman–Crippen LogP) is 1.17. The summed E-state index contributed by atoms with van der Waals surface area (Å²) in [6.45, 7) is 2.96. The van der Waals surface area contributed by atoms with E-state index >= 15 is 0 Å². The van der Waals surface area contributed by atoms with Crippen molar-refractivity contribution in [2.45, 2.75) is 6.92 Å². The lowest BCUT2D eigenvalue weighted by molar-refractivity contribution is -0.129. The third-order valence-electron chi connectivity index (χ3n) is 2.89. The summed E-state index contributed by atoms with van der Waals surface area (Å²) in [5.41, 5.74) is 0. The molecule has 0 radical (unpaired) electrons. The van der Waals surface area contributed by atoms with E-state index in [2.05, 4.69) is 4.98 Å². The van der Waals surface area contributed by atoms with Crippen LogP contribution in [0.3, 0.4) is 0 Å². The third kappa shape index (κ3) is 2.39. The third-order valence-corrected chi connectivity index (χ3v) is 2.89. The van der Waals surface area contributed by atoms with Crippen molar-refractivity contribution in [2.24, 2.45) is 0 Å². The van der Waals surface area contributed by atoms with Gasteiger partial charge >= 0.3 is 0 Å². The fourth-order valence-corrected chi connectivity index (χ4v) is 1.89. The van der Waals surface area contributed by atoms with E-state index in [1.807, 2.05) is 0 Å². The molecule has 1 amide bonds. The van der Waals surface area contributed by atoms with Gasteiger partial charge in [-0.15, -0.1) is 0 Å². The Labute approximate surface area is 102 Å². The lowest BCUT2D eigenvalue weighted by Crippen LogP contribution is -2.48. The summed E-state index contributed by atoms with van der Waals surface area (Å²) < 4.78 is 39.2. The number of pyridine rings is 1. The summed E-state index contributed by atoms with van der Waals surface area (Å²) in [4.78, 5) is 17.5. The van der Waals surface area contributed by atoms with Gasteiger partial charge in [0.1, 0.15) is 0 Å². The predicted molar refractivity (Wildman–Crippen MR) is 58.6 cm³/mol. The molecule has 2 rings (SSSR count). The molecule has 7 heteroatoms. The number of piperazine rings is 1. The zero-order chi connectivity index (χ0) is 13.3. The average Bonchev–Trinajstić information content (AvgIpc) is 2.34. The maximum Gasteiger partial charge on any atom is 0.251 e. The van der Waals surface area contributed by atoms with E-state index in [4.69, 9.17) is 0 Å². The maximum atomic E-state index is 13.5. The van der Waals surface area contributed by atoms with Crippen LogP contribution in [0.5, 0.6) is 0 Å². The number of aromatic nitrogens is 1. The molecule has 18 heavy (non-hydrogen) atoms. The smallest absolute Gasteiger partial charge is 0.251 e. The van der Waals surface area contributed by atoms with E-state index in [1.165, 1.54) is 11.8 Å². The highest BCUT2D eigenvalue weighted by molar-refractivity contribution is 5.73. The summed E-state index contributed by atoms with van der Waals surface area (Å²) in [5, 5.41) is 0. The van der Waals surface area contributed by atoms with Gasteiger partial charge < -0.3 is 9.80 Å². The van der Waals surface area contributed by atoms with Crippen molar-refractivity contribution >= 4 is 11.7 Å². The molecule has 0 atom stereocenters. The van der Waals surface area contributed by atoms with Gasteiger partial charge in [0.25, 0.3) is 5.95 Å². The van der Waals surface area contributed by atoms with Crippen LogP contribution in [-0.2, 0) is 4.79 Å². The van der Waals surface area contributed by atoms with Gasteiger partial charge in [0.05, 0.1) is 0 Å². The second-order valence-electron chi connectivity index (χ2n) is 4.06. The standard InChI is InChI=1S/C11H12F3N3O/c1-7(18)16-2-4-17(5-3-16)11-9(13)6-8(12)10(14)15-11/h6H,2-5H2,1H3. The number of rotatable bonds is 1. The first-order valence-electron chi connectivity index (χ1n) is 5.51. The zero-order valence-electron chi connectivity index (χ0n) is 9.79. The number of nitrogens with zero attached hydrogens (tertiary/aromatic N) is 3. The molecule has 0 aromatic carbocycles. The molecular formula is C11H12F3N3O. The molecule has 0 N–H and O–H groups in total. The fourth-order valence-electron chi connectivity index (χ4n) is 1.89. The van der Waals surface area contributed by atoms with Gasteiger partial charge in [0, 0.05) is 39.2 Å². The van der Waals surface area contributed by atoms with Crippen molar-refractivity contribution in [1.29, 1.82) is 0 Å². The summed E-state index contributed by atoms with van der Waals surface area (Å²) in [6, 6.07) is 0.481. The van der Waals surface area contributed by atoms with Crippen molar-refractivity contribution in [3.8, 4) is 0 Å². The Bertz CT molecular complexity index is 473. The average molecular weight is 259 g/mol. The van der Waals surface area contributed by atoms with E-state index in [9.17, 15) is 18.0 Å². The summed E-state index contributed by atoms with van der Waals surface area (Å²) in [6.07, 6.45) is 0. The highest BCUT2D eigenvalue weighted by Crippen LogP contribution is 2.20. The number of amides is 1. The van der Waals surface area contributed by atoms with Gasteiger partial charge in [-0.05, 0) is 0 Å². The molecule has 1 aliphatic heterocycles. The van der Waals surface area contributed by atoms with Gasteiger partial charge in [-0.1, -0.05) is 0 Å². The molecule has 1 aromatic heterocycles. The summed E-state index contributed by atoms with van der Waals surface area (Å²) >= 11 is 0. The second kappa shape index (κ2) is 4.83. The first-order valence-corrected chi connectivity index (χ1v) is 5.51. The minimum Gasteiger partial charge on any atom is -0.351 e. The molecule has 1 saturated heterocycles. The Morgan fingerprint density at radius 3 is 2.33 bits per heavy atom. The number of carbonyl (C=O) groups excluding carboxylic acids is 1. The largest absolute Gasteiger partial charge is 0.351 e. The molecule has 4 nitrogen and oxygen atoms in total. The molecule has 1 aromatic rings. The monoisotopic (exact) mass is 259 g/mol. The first-order chi connectivity index (χ1) is 8.49. The Morgan fingerprint density at radius 2 is 1.78 bits per heavy atom. The molecule has 1 aliphatic rings. The zero-order valence-corrected chi connectivity index (χ0v) is 9.79. The van der Waals surface area contributed by atoms with Crippen LogP contribution in [0.4, 0.5) is 19.0 Å². The lowest BCUT2D eigenvalue weighted by atomic mass is 10.3. The summed E-state index contributed by atoms with van der Waals surface area (Å²) in [5.74, 6) is -3.80. The molecule has 2 heterocycles. The topological polar surface area (TPSA) is 36.4 Å². The van der Waals surface area contributed by atoms with Crippen LogP contribution in [0.15, 0.2) is 6.07 Å². The van der Waals surface area contributed by atoms with Crippen LogP contribution >= 0.6 is 0 Å². The number of halogens is 3. The van der Waals surface area contributed by atoms with Gasteiger partial charge in [-0.25, -0.2) is 8.78 Å². The fraction of sp³-hybridized carbons (Fsp3) is 0.455. The maximum absolute atomic E-state index is 13.5. The van der Waals surface area contributed by atoms with Crippen molar-refractivity contribution in [3.05, 3.63) is 23.6 Å². The van der Waals surface area contributed by atoms with Crippen LogP contribution in [-0.4, -0.2) is 42.0 Å². The van der Waals surface area contributed by atoms with E-state index in [0.29, 0.717) is 32.2 Å². The molecule has 0 unspecified atom stereocenters. The Balaban J connectivity index is 2.15. The van der Waals surface area contributed by atoms with E-state index in [-0.39, 0.29) is 11.7 Å². The van der Waals surface area contributed by atoms with Gasteiger partial charge in [0.15, 0.2) is 17.5 Å². The highest BCUT2D eigenvalue weighted by Gasteiger charge is 2.23. The minimum absolute atomic E-state index is 0.0617. The van der Waals surface area contributed by atoms with Crippen LogP contribution in [0.1, 0.15) is 6.92 Å². The quantitative estimate of drug-likeness (QED) is 0.710. The van der Waals surface area contributed by atoms with Crippen LogP contribution in [0.2, 0.25) is 0 Å². The molecule has 0 aliphatic carbocycles. The Hall–Kier alpha value is -1.79. The SMILES string of the molecule is CC(=O)N1CCN(c2nc(F)c(F)cc2F)CC1. The van der Waals surface area contributed by atoms with Gasteiger partial charge in [-0.3, -0.25) is 4.79 Å². The molecule has 98 valence electrons. The Kier molecular flexibility index (Phi) is 3.40. The van der Waals surface area contributed by atoms with Crippen LogP contribution in [0.25, 0.3) is 0 Å². The minimum atomic E-state index is -1.32. The highest BCUT2D eigenvalue weighted by atomic mass is 19.2. The van der Waals surface area contributed by atoms with Crippen molar-refractivity contribution in [1.82, 2.24) is 9.88 Å². The molecule has 0 spiro atoms. The Morgan fingerprint density at radius 1 is 1.17 bits per heavy atom. The molecule has 0 bridgehead atoms. The van der Waals surface area contributed by atoms with Crippen molar-refractivity contribution in [3.63, 3.8) is 0 Å². The lowest BCUT2D eigenvalue weighted by Gasteiger charge is -2.34. The number of hydrogen-bond acceptors (Lipinski definition) is 3. The normalized spacial score (nSPS) is 16.0. The number of carbonyl (C=O) groups is 1. The molecule has 0 saturated carbocycles. The number of hydrogen-bond donors (Lipinski definition) is 0. The van der Waals surface area contributed by atoms with Crippen molar-refractivity contribution < 1.29 is 18.0 Å². The molecular weight excluding hydrogens is 247 g/mol. The first kappa shape index (κ1) is 12.7. The van der Waals surface area contributed by atoms with Gasteiger partial charge in [-0.2, -0.15) is 9.37 Å². The van der Waals surface area contributed by atoms with Gasteiger partial charge in [0.2, 0.25) is 5.91 Å². The van der Waals surface area contributed by atoms with E-state index in [0.717, 1.165) is 0 Å². The van der Waals surface area contributed by atoms with E-state index in [1.54, 1.807) is 4.90 Å². The van der Waals surface area contributed by atoms with Crippen LogP contribution in [0, 0.1) is 17.6 Å². The summed E-state index contributed by atoms with van der Waals surface area (Å²) in [7, 11) is 0. The second-order valence-corrected chi connectivity index (χ2v) is 4.06. The van der Waals surface area contributed by atoms with E-state index < -0.39 is 17.6 Å². The van der Waals surface area contributed by atoms with Crippen LogP contribution < -0.4 is 4.90 Å². The number of anilines is 1.